The van der Waals surface area contributed by atoms with Gasteiger partial charge in [0, 0.05) is 6.04 Å². The first-order valence-corrected chi connectivity index (χ1v) is 5.87. The van der Waals surface area contributed by atoms with Crippen LogP contribution in [0.5, 0.6) is 0 Å². The van der Waals surface area contributed by atoms with Gasteiger partial charge in [-0.15, -0.1) is 0 Å². The van der Waals surface area contributed by atoms with Crippen LogP contribution in [-0.4, -0.2) is 25.8 Å². The number of rotatable bonds is 1. The molecule has 2 fully saturated rings. The van der Waals surface area contributed by atoms with Crippen LogP contribution < -0.4 is 5.32 Å². The predicted octanol–water partition coefficient (Wildman–Crippen LogP) is 2.26. The molecule has 1 N–H and O–H groups in total. The van der Waals surface area contributed by atoms with Crippen LogP contribution in [0.2, 0.25) is 0 Å². The summed E-state index contributed by atoms with van der Waals surface area (Å²) in [6, 6.07) is 0.664. The summed E-state index contributed by atoms with van der Waals surface area (Å²) in [6.45, 7) is 5.37. The summed E-state index contributed by atoms with van der Waals surface area (Å²) < 4.78 is 5.38. The Morgan fingerprint density at radius 1 is 1.29 bits per heavy atom. The third kappa shape index (κ3) is 2.37. The molecule has 0 spiro atoms. The molecule has 0 aromatic carbocycles. The zero-order valence-electron chi connectivity index (χ0n) is 9.14. The van der Waals surface area contributed by atoms with E-state index in [9.17, 15) is 0 Å². The Balaban J connectivity index is 1.99. The molecule has 2 aliphatic rings. The van der Waals surface area contributed by atoms with Gasteiger partial charge in [0.15, 0.2) is 0 Å². The molecule has 0 aliphatic carbocycles. The van der Waals surface area contributed by atoms with E-state index in [-0.39, 0.29) is 0 Å². The minimum atomic E-state index is 0.664. The first-order valence-electron chi connectivity index (χ1n) is 5.87. The molecule has 2 aliphatic heterocycles. The van der Waals surface area contributed by atoms with Gasteiger partial charge in [0.1, 0.15) is 0 Å². The van der Waals surface area contributed by atoms with Crippen LogP contribution in [0.3, 0.4) is 0 Å². The second kappa shape index (κ2) is 4.94. The second-order valence-corrected chi connectivity index (χ2v) is 4.40. The van der Waals surface area contributed by atoms with Crippen molar-refractivity contribution < 1.29 is 4.74 Å². The molecular weight excluding hydrogens is 174 g/mol. The molecule has 2 rings (SSSR count). The third-order valence-corrected chi connectivity index (χ3v) is 3.49. The van der Waals surface area contributed by atoms with Gasteiger partial charge in [-0.25, -0.2) is 0 Å². The molecule has 0 aromatic heterocycles. The number of nitrogens with one attached hydrogen (secondary N) is 1. The van der Waals surface area contributed by atoms with Crippen LogP contribution in [0.25, 0.3) is 0 Å². The molecule has 2 heterocycles. The number of hydrogen-bond acceptors (Lipinski definition) is 2. The van der Waals surface area contributed by atoms with Crippen LogP contribution in [0.4, 0.5) is 0 Å². The van der Waals surface area contributed by atoms with E-state index in [1.54, 1.807) is 11.1 Å². The number of ether oxygens (including phenoxy) is 1. The lowest BCUT2D eigenvalue weighted by Gasteiger charge is -2.28. The lowest BCUT2D eigenvalue weighted by Crippen LogP contribution is -2.35. The normalized spacial score (nSPS) is 28.9. The zero-order valence-corrected chi connectivity index (χ0v) is 9.14. The molecule has 2 saturated heterocycles. The van der Waals surface area contributed by atoms with Crippen LogP contribution >= 0.6 is 0 Å². The average molecular weight is 195 g/mol. The van der Waals surface area contributed by atoms with E-state index in [1.165, 1.54) is 25.8 Å². The molecule has 2 nitrogen and oxygen atoms in total. The Kier molecular flexibility index (Phi) is 3.60. The molecule has 14 heavy (non-hydrogen) atoms. The van der Waals surface area contributed by atoms with Crippen molar-refractivity contribution in [3.05, 3.63) is 11.1 Å². The Labute approximate surface area is 86.7 Å². The Hall–Kier alpha value is -0.340. The van der Waals surface area contributed by atoms with E-state index < -0.39 is 0 Å². The van der Waals surface area contributed by atoms with E-state index in [0.717, 1.165) is 26.1 Å². The standard InChI is InChI=1S/C12H21NO/c1-10(11-5-8-14-9-6-11)12-4-2-3-7-13-12/h12-13H,2-9H2,1H3. The van der Waals surface area contributed by atoms with E-state index >= 15 is 0 Å². The highest BCUT2D eigenvalue weighted by Crippen LogP contribution is 2.23. The van der Waals surface area contributed by atoms with E-state index in [4.69, 9.17) is 4.74 Å². The van der Waals surface area contributed by atoms with Crippen molar-refractivity contribution in [1.29, 1.82) is 0 Å². The maximum atomic E-state index is 5.38. The van der Waals surface area contributed by atoms with Crippen molar-refractivity contribution in [3.8, 4) is 0 Å². The molecule has 1 unspecified atom stereocenters. The van der Waals surface area contributed by atoms with Crippen molar-refractivity contribution in [2.24, 2.45) is 0 Å². The molecular formula is C12H21NO. The Morgan fingerprint density at radius 3 is 2.71 bits per heavy atom. The lowest BCUT2D eigenvalue weighted by molar-refractivity contribution is 0.118. The highest BCUT2D eigenvalue weighted by Gasteiger charge is 2.18. The van der Waals surface area contributed by atoms with E-state index in [1.807, 2.05) is 0 Å². The van der Waals surface area contributed by atoms with Crippen molar-refractivity contribution in [2.75, 3.05) is 19.8 Å². The summed E-state index contributed by atoms with van der Waals surface area (Å²) in [6.07, 6.45) is 6.38. The monoisotopic (exact) mass is 195 g/mol. The molecule has 0 radical (unpaired) electrons. The second-order valence-electron chi connectivity index (χ2n) is 4.40. The molecule has 1 atom stereocenters. The highest BCUT2D eigenvalue weighted by atomic mass is 16.5. The van der Waals surface area contributed by atoms with Gasteiger partial charge in [0.25, 0.3) is 0 Å². The van der Waals surface area contributed by atoms with Crippen molar-refractivity contribution in [2.45, 2.75) is 45.1 Å². The van der Waals surface area contributed by atoms with Crippen LogP contribution in [0.15, 0.2) is 11.1 Å². The smallest absolute Gasteiger partial charge is 0.0503 e. The minimum Gasteiger partial charge on any atom is -0.381 e. The van der Waals surface area contributed by atoms with Gasteiger partial charge >= 0.3 is 0 Å². The summed E-state index contributed by atoms with van der Waals surface area (Å²) in [7, 11) is 0. The maximum absolute atomic E-state index is 5.38. The Bertz CT molecular complexity index is 208. The average Bonchev–Trinajstić information content (AvgIpc) is 2.30. The summed E-state index contributed by atoms with van der Waals surface area (Å²) in [5.41, 5.74) is 3.25. The molecule has 0 aromatic rings. The highest BCUT2D eigenvalue weighted by molar-refractivity contribution is 5.19. The fraction of sp³-hybridized carbons (Fsp3) is 0.833. The van der Waals surface area contributed by atoms with Crippen molar-refractivity contribution in [3.63, 3.8) is 0 Å². The zero-order chi connectivity index (χ0) is 9.80. The molecule has 0 amide bonds. The Morgan fingerprint density at radius 2 is 2.07 bits per heavy atom. The predicted molar refractivity (Wildman–Crippen MR) is 58.4 cm³/mol. The number of piperidine rings is 1. The van der Waals surface area contributed by atoms with Crippen molar-refractivity contribution >= 4 is 0 Å². The summed E-state index contributed by atoms with van der Waals surface area (Å²) in [5.74, 6) is 0. The molecule has 2 heteroatoms. The molecule has 0 bridgehead atoms. The summed E-state index contributed by atoms with van der Waals surface area (Å²) in [5, 5.41) is 3.62. The first-order chi connectivity index (χ1) is 6.88. The van der Waals surface area contributed by atoms with Gasteiger partial charge in [0.05, 0.1) is 13.2 Å². The quantitative estimate of drug-likeness (QED) is 0.648. The van der Waals surface area contributed by atoms with Gasteiger partial charge in [-0.3, -0.25) is 0 Å². The maximum Gasteiger partial charge on any atom is 0.0503 e. The SMILES string of the molecule is CC(=C1CCOCC1)C1CCCCN1. The fourth-order valence-corrected chi connectivity index (χ4v) is 2.48. The van der Waals surface area contributed by atoms with Gasteiger partial charge in [0.2, 0.25) is 0 Å². The summed E-state index contributed by atoms with van der Waals surface area (Å²) in [4.78, 5) is 0. The van der Waals surface area contributed by atoms with Gasteiger partial charge in [-0.2, -0.15) is 0 Å². The van der Waals surface area contributed by atoms with Gasteiger partial charge in [-0.1, -0.05) is 17.6 Å². The van der Waals surface area contributed by atoms with Gasteiger partial charge in [-0.05, 0) is 39.2 Å². The van der Waals surface area contributed by atoms with Crippen molar-refractivity contribution in [1.82, 2.24) is 5.32 Å². The van der Waals surface area contributed by atoms with Gasteiger partial charge < -0.3 is 10.1 Å². The van der Waals surface area contributed by atoms with E-state index in [0.29, 0.717) is 6.04 Å². The lowest BCUT2D eigenvalue weighted by atomic mass is 9.91. The molecule has 0 saturated carbocycles. The minimum absolute atomic E-state index is 0.664. The third-order valence-electron chi connectivity index (χ3n) is 3.49. The number of hydrogen-bond donors (Lipinski definition) is 1. The topological polar surface area (TPSA) is 21.3 Å². The van der Waals surface area contributed by atoms with Crippen LogP contribution in [0, 0.1) is 0 Å². The first kappa shape index (κ1) is 10.2. The van der Waals surface area contributed by atoms with E-state index in [2.05, 4.69) is 12.2 Å². The fourth-order valence-electron chi connectivity index (χ4n) is 2.48. The summed E-state index contributed by atoms with van der Waals surface area (Å²) >= 11 is 0. The van der Waals surface area contributed by atoms with Crippen LogP contribution in [0.1, 0.15) is 39.0 Å². The largest absolute Gasteiger partial charge is 0.381 e. The van der Waals surface area contributed by atoms with Crippen LogP contribution in [-0.2, 0) is 4.74 Å². The molecule has 80 valence electrons.